The Morgan fingerprint density at radius 3 is 2.53 bits per heavy atom. The molecular formula is C24H20FN7O3S. The summed E-state index contributed by atoms with van der Waals surface area (Å²) in [6.45, 7) is 1.57. The number of carbonyl (C=O) groups excluding carboxylic acids is 3. The summed E-state index contributed by atoms with van der Waals surface area (Å²) in [5.41, 5.74) is 1.42. The van der Waals surface area contributed by atoms with Gasteiger partial charge in [0.2, 0.25) is 5.13 Å². The molecule has 0 saturated heterocycles. The molecule has 1 fully saturated rings. The summed E-state index contributed by atoms with van der Waals surface area (Å²) in [5, 5.41) is 14.8. The van der Waals surface area contributed by atoms with Crippen molar-refractivity contribution in [1.29, 1.82) is 0 Å². The number of hydrogen-bond acceptors (Lipinski definition) is 7. The molecule has 5 rings (SSSR count). The summed E-state index contributed by atoms with van der Waals surface area (Å²) < 4.78 is 18.8. The van der Waals surface area contributed by atoms with E-state index in [-0.39, 0.29) is 39.3 Å². The van der Waals surface area contributed by atoms with Crippen LogP contribution in [-0.4, -0.2) is 43.3 Å². The second kappa shape index (κ2) is 9.66. The Bertz CT molecular complexity index is 1450. The Labute approximate surface area is 208 Å². The Balaban J connectivity index is 1.56. The van der Waals surface area contributed by atoms with Crippen molar-refractivity contribution in [2.75, 3.05) is 10.6 Å². The van der Waals surface area contributed by atoms with Crippen molar-refractivity contribution in [3.63, 3.8) is 0 Å². The van der Waals surface area contributed by atoms with Crippen LogP contribution in [0.1, 0.15) is 49.5 Å². The van der Waals surface area contributed by atoms with Gasteiger partial charge < -0.3 is 10.6 Å². The largest absolute Gasteiger partial charge is 0.349 e. The van der Waals surface area contributed by atoms with Gasteiger partial charge in [-0.2, -0.15) is 9.47 Å². The van der Waals surface area contributed by atoms with Gasteiger partial charge in [-0.1, -0.05) is 6.07 Å². The molecule has 0 bridgehead atoms. The first-order valence-corrected chi connectivity index (χ1v) is 11.8. The van der Waals surface area contributed by atoms with Crippen molar-refractivity contribution < 1.29 is 18.8 Å². The van der Waals surface area contributed by atoms with Crippen LogP contribution in [0.4, 0.5) is 15.3 Å². The van der Waals surface area contributed by atoms with E-state index in [1.807, 2.05) is 0 Å². The molecule has 3 amide bonds. The maximum atomic E-state index is 14.9. The number of aromatic nitrogens is 4. The molecule has 2 aromatic heterocycles. The minimum Gasteiger partial charge on any atom is -0.349 e. The highest BCUT2D eigenvalue weighted by Crippen LogP contribution is 2.32. The molecule has 4 N–H and O–H groups in total. The minimum absolute atomic E-state index is 0.102. The molecule has 12 heteroatoms. The van der Waals surface area contributed by atoms with E-state index < -0.39 is 17.6 Å². The molecule has 0 aliphatic heterocycles. The maximum Gasteiger partial charge on any atom is 0.258 e. The topological polar surface area (TPSA) is 142 Å². The average molecular weight is 506 g/mol. The number of benzene rings is 2. The smallest absolute Gasteiger partial charge is 0.258 e. The highest BCUT2D eigenvalue weighted by atomic mass is 32.1. The Morgan fingerprint density at radius 1 is 1.00 bits per heavy atom. The number of hydrogen-bond donors (Lipinski definition) is 4. The van der Waals surface area contributed by atoms with Crippen LogP contribution in [0.2, 0.25) is 0 Å². The molecule has 0 radical (unpaired) electrons. The van der Waals surface area contributed by atoms with E-state index in [2.05, 4.69) is 35.5 Å². The number of nitrogens with zero attached hydrogens (tertiary/aromatic N) is 3. The van der Waals surface area contributed by atoms with Crippen LogP contribution in [0.25, 0.3) is 11.1 Å². The first-order chi connectivity index (χ1) is 17.4. The van der Waals surface area contributed by atoms with Crippen molar-refractivity contribution in [1.82, 2.24) is 24.9 Å². The first-order valence-electron chi connectivity index (χ1n) is 11.0. The maximum absolute atomic E-state index is 14.9. The lowest BCUT2D eigenvalue weighted by atomic mass is 9.92. The van der Waals surface area contributed by atoms with Gasteiger partial charge in [0.15, 0.2) is 0 Å². The van der Waals surface area contributed by atoms with E-state index in [0.717, 1.165) is 24.4 Å². The molecule has 10 nitrogen and oxygen atoms in total. The standard InChI is InChI=1S/C24H20FN7O3S/c1-12-17(9-14(10-19(12)25)22(34)29-15-3-4-15)16-5-2-13(21(33)30-20-6-7-27-32-20)8-18(16)23(35)31-24-26-11-28-36-24/h2,5-11,15H,3-4H2,1H3,(H,29,34)(H,26,28,31,35)(H2,27,30,32,33). The molecule has 1 aliphatic carbocycles. The fourth-order valence-corrected chi connectivity index (χ4v) is 4.03. The number of halogens is 1. The third-order valence-corrected chi connectivity index (χ3v) is 6.25. The fourth-order valence-electron chi connectivity index (χ4n) is 3.61. The van der Waals surface area contributed by atoms with Gasteiger partial charge in [-0.05, 0) is 60.7 Å². The Kier molecular flexibility index (Phi) is 6.25. The van der Waals surface area contributed by atoms with Gasteiger partial charge in [-0.3, -0.25) is 24.8 Å². The number of aromatic amines is 1. The summed E-state index contributed by atoms with van der Waals surface area (Å²) >= 11 is 0.988. The molecular weight excluding hydrogens is 485 g/mol. The predicted molar refractivity (Wildman–Crippen MR) is 131 cm³/mol. The number of H-pyrrole nitrogens is 1. The van der Waals surface area contributed by atoms with E-state index >= 15 is 0 Å². The van der Waals surface area contributed by atoms with Gasteiger partial charge in [0, 0.05) is 40.3 Å². The third-order valence-electron chi connectivity index (χ3n) is 5.67. The lowest BCUT2D eigenvalue weighted by Gasteiger charge is -2.15. The lowest BCUT2D eigenvalue weighted by molar-refractivity contribution is 0.0949. The zero-order valence-corrected chi connectivity index (χ0v) is 19.8. The summed E-state index contributed by atoms with van der Waals surface area (Å²) in [6.07, 6.45) is 4.58. The molecule has 182 valence electrons. The van der Waals surface area contributed by atoms with Crippen LogP contribution in [0, 0.1) is 12.7 Å². The molecule has 0 unspecified atom stereocenters. The first kappa shape index (κ1) is 23.3. The predicted octanol–water partition coefficient (Wildman–Crippen LogP) is 3.77. The fraction of sp³-hybridized carbons (Fsp3) is 0.167. The van der Waals surface area contributed by atoms with Gasteiger partial charge in [-0.15, -0.1) is 0 Å². The quantitative estimate of drug-likeness (QED) is 0.301. The van der Waals surface area contributed by atoms with Gasteiger partial charge in [-0.25, -0.2) is 9.37 Å². The van der Waals surface area contributed by atoms with Crippen molar-refractivity contribution in [2.45, 2.75) is 25.8 Å². The molecule has 0 spiro atoms. The van der Waals surface area contributed by atoms with Crippen LogP contribution in [0.5, 0.6) is 0 Å². The molecule has 4 aromatic rings. The highest BCUT2D eigenvalue weighted by molar-refractivity contribution is 7.09. The summed E-state index contributed by atoms with van der Waals surface area (Å²) in [4.78, 5) is 42.7. The summed E-state index contributed by atoms with van der Waals surface area (Å²) in [6, 6.07) is 8.91. The van der Waals surface area contributed by atoms with Crippen molar-refractivity contribution in [3.05, 3.63) is 77.0 Å². The second-order valence-corrected chi connectivity index (χ2v) is 9.04. The van der Waals surface area contributed by atoms with Crippen molar-refractivity contribution in [3.8, 4) is 11.1 Å². The summed E-state index contributed by atoms with van der Waals surface area (Å²) in [5.74, 6) is -1.61. The van der Waals surface area contributed by atoms with E-state index in [1.165, 1.54) is 30.7 Å². The van der Waals surface area contributed by atoms with E-state index in [0.29, 0.717) is 16.9 Å². The van der Waals surface area contributed by atoms with Gasteiger partial charge in [0.25, 0.3) is 17.7 Å². The monoisotopic (exact) mass is 505 g/mol. The van der Waals surface area contributed by atoms with Crippen LogP contribution < -0.4 is 16.0 Å². The third kappa shape index (κ3) is 4.98. The molecule has 2 aromatic carbocycles. The molecule has 1 saturated carbocycles. The number of carbonyl (C=O) groups is 3. The van der Waals surface area contributed by atoms with Gasteiger partial charge in [0.05, 0.1) is 6.20 Å². The molecule has 0 atom stereocenters. The molecule has 2 heterocycles. The van der Waals surface area contributed by atoms with Crippen LogP contribution in [0.3, 0.4) is 0 Å². The average Bonchev–Trinajstić information content (AvgIpc) is 3.28. The van der Waals surface area contributed by atoms with E-state index in [1.54, 1.807) is 25.1 Å². The highest BCUT2D eigenvalue weighted by Gasteiger charge is 2.26. The number of nitrogens with one attached hydrogen (secondary N) is 4. The minimum atomic E-state index is -0.579. The number of rotatable bonds is 7. The lowest BCUT2D eigenvalue weighted by Crippen LogP contribution is -2.25. The van der Waals surface area contributed by atoms with Crippen LogP contribution >= 0.6 is 11.5 Å². The zero-order valence-electron chi connectivity index (χ0n) is 19.0. The Hall–Kier alpha value is -4.45. The van der Waals surface area contributed by atoms with Gasteiger partial charge >= 0.3 is 0 Å². The SMILES string of the molecule is Cc1c(F)cc(C(=O)NC2CC2)cc1-c1ccc(C(=O)Nc2ccn[nH]2)cc1C(=O)Nc1ncns1. The van der Waals surface area contributed by atoms with E-state index in [9.17, 15) is 18.8 Å². The number of amides is 3. The number of anilines is 2. The van der Waals surface area contributed by atoms with Crippen molar-refractivity contribution in [2.24, 2.45) is 0 Å². The molecule has 1 aliphatic rings. The van der Waals surface area contributed by atoms with Crippen molar-refractivity contribution >= 4 is 40.2 Å². The normalized spacial score (nSPS) is 12.7. The zero-order chi connectivity index (χ0) is 25.2. The Morgan fingerprint density at radius 2 is 1.83 bits per heavy atom. The second-order valence-electron chi connectivity index (χ2n) is 8.26. The van der Waals surface area contributed by atoms with Gasteiger partial charge in [0.1, 0.15) is 18.0 Å². The van der Waals surface area contributed by atoms with E-state index in [4.69, 9.17) is 0 Å². The summed E-state index contributed by atoms with van der Waals surface area (Å²) in [7, 11) is 0. The van der Waals surface area contributed by atoms with Crippen LogP contribution in [-0.2, 0) is 0 Å². The van der Waals surface area contributed by atoms with Crippen LogP contribution in [0.15, 0.2) is 48.9 Å². The molecule has 36 heavy (non-hydrogen) atoms.